The van der Waals surface area contributed by atoms with Crippen molar-refractivity contribution in [2.75, 3.05) is 6.66 Å². The van der Waals surface area contributed by atoms with E-state index in [1.807, 2.05) is 0 Å². The van der Waals surface area contributed by atoms with Gasteiger partial charge < -0.3 is 0 Å². The third kappa shape index (κ3) is 3.01. The predicted molar refractivity (Wildman–Crippen MR) is 47.5 cm³/mol. The van der Waals surface area contributed by atoms with E-state index in [4.69, 9.17) is 0 Å². The topological polar surface area (TPSA) is 0 Å². The van der Waals surface area contributed by atoms with E-state index in [9.17, 15) is 0 Å². The molecule has 0 aliphatic rings. The lowest BCUT2D eigenvalue weighted by atomic mass is 9.96. The van der Waals surface area contributed by atoms with E-state index in [1.165, 1.54) is 0 Å². The average molecular weight is 144 g/mol. The molecule has 1 unspecified atom stereocenters. The predicted octanol–water partition coefficient (Wildman–Crippen LogP) is 3.24. The zero-order chi connectivity index (χ0) is 7.49. The standard InChI is InChI=1S/C8H17P/c1-6-7(9-5)8(2,3)4/h6,9H,1-5H3/b7-6-. The molecule has 0 saturated carbocycles. The van der Waals surface area contributed by atoms with Crippen LogP contribution in [0.5, 0.6) is 0 Å². The van der Waals surface area contributed by atoms with Gasteiger partial charge in [0.2, 0.25) is 0 Å². The Kier molecular flexibility index (Phi) is 3.43. The van der Waals surface area contributed by atoms with Crippen molar-refractivity contribution in [1.82, 2.24) is 0 Å². The third-order valence-electron chi connectivity index (χ3n) is 1.37. The van der Waals surface area contributed by atoms with Crippen LogP contribution < -0.4 is 0 Å². The summed E-state index contributed by atoms with van der Waals surface area (Å²) in [6.45, 7) is 11.1. The Morgan fingerprint density at radius 3 is 1.78 bits per heavy atom. The Labute approximate surface area is 60.5 Å². The first kappa shape index (κ1) is 9.17. The summed E-state index contributed by atoms with van der Waals surface area (Å²) in [4.78, 5) is 0. The summed E-state index contributed by atoms with van der Waals surface area (Å²) >= 11 is 0. The fraction of sp³-hybridized carbons (Fsp3) is 0.750. The van der Waals surface area contributed by atoms with Gasteiger partial charge >= 0.3 is 0 Å². The minimum atomic E-state index is 0.391. The maximum atomic E-state index is 2.26. The van der Waals surface area contributed by atoms with E-state index >= 15 is 0 Å². The molecule has 0 bridgehead atoms. The number of rotatable bonds is 1. The van der Waals surface area contributed by atoms with Crippen LogP contribution in [-0.2, 0) is 0 Å². The van der Waals surface area contributed by atoms with Crippen LogP contribution in [0.25, 0.3) is 0 Å². The lowest BCUT2D eigenvalue weighted by molar-refractivity contribution is 0.531. The molecule has 0 radical (unpaired) electrons. The minimum Gasteiger partial charge on any atom is -0.0978 e. The van der Waals surface area contributed by atoms with Crippen molar-refractivity contribution >= 4 is 8.58 Å². The molecule has 0 aromatic heterocycles. The van der Waals surface area contributed by atoms with Gasteiger partial charge in [-0.2, -0.15) is 0 Å². The molecule has 0 N–H and O–H groups in total. The maximum absolute atomic E-state index is 2.26. The molecule has 0 nitrogen and oxygen atoms in total. The van der Waals surface area contributed by atoms with E-state index in [2.05, 4.69) is 40.4 Å². The summed E-state index contributed by atoms with van der Waals surface area (Å²) < 4.78 is 0. The zero-order valence-electron chi connectivity index (χ0n) is 7.08. The fourth-order valence-electron chi connectivity index (χ4n) is 0.952. The van der Waals surface area contributed by atoms with Gasteiger partial charge in [0.1, 0.15) is 0 Å². The van der Waals surface area contributed by atoms with Crippen molar-refractivity contribution in [3.63, 3.8) is 0 Å². The van der Waals surface area contributed by atoms with Crippen LogP contribution in [0.1, 0.15) is 27.7 Å². The SMILES string of the molecule is C/C=C(\PC)C(C)(C)C. The molecular formula is C8H17P. The molecule has 0 fully saturated rings. The first-order chi connectivity index (χ1) is 4.02. The monoisotopic (exact) mass is 144 g/mol. The van der Waals surface area contributed by atoms with Crippen LogP contribution in [0, 0.1) is 5.41 Å². The summed E-state index contributed by atoms with van der Waals surface area (Å²) in [6.07, 6.45) is 2.23. The second-order valence-corrected chi connectivity index (χ2v) is 4.24. The van der Waals surface area contributed by atoms with E-state index in [0.29, 0.717) is 5.41 Å². The molecule has 0 spiro atoms. The van der Waals surface area contributed by atoms with Gasteiger partial charge in [-0.25, -0.2) is 0 Å². The van der Waals surface area contributed by atoms with Gasteiger partial charge in [-0.3, -0.25) is 0 Å². The van der Waals surface area contributed by atoms with Crippen molar-refractivity contribution in [1.29, 1.82) is 0 Å². The Bertz CT molecular complexity index is 106. The van der Waals surface area contributed by atoms with Gasteiger partial charge in [0.25, 0.3) is 0 Å². The molecule has 0 heterocycles. The number of allylic oxidation sites excluding steroid dienone is 2. The van der Waals surface area contributed by atoms with Crippen LogP contribution in [0.3, 0.4) is 0 Å². The van der Waals surface area contributed by atoms with Crippen LogP contribution in [0.4, 0.5) is 0 Å². The average Bonchev–Trinajstić information content (AvgIpc) is 1.65. The molecular weight excluding hydrogens is 127 g/mol. The Morgan fingerprint density at radius 2 is 1.78 bits per heavy atom. The Hall–Kier alpha value is 0.170. The number of hydrogen-bond acceptors (Lipinski definition) is 0. The van der Waals surface area contributed by atoms with Gasteiger partial charge in [-0.05, 0) is 24.3 Å². The molecule has 0 aromatic carbocycles. The van der Waals surface area contributed by atoms with E-state index in [0.717, 1.165) is 8.58 Å². The largest absolute Gasteiger partial charge is 0.0978 e. The molecule has 54 valence electrons. The molecule has 0 aliphatic carbocycles. The zero-order valence-corrected chi connectivity index (χ0v) is 8.08. The van der Waals surface area contributed by atoms with Crippen LogP contribution in [0.2, 0.25) is 0 Å². The van der Waals surface area contributed by atoms with Crippen molar-refractivity contribution in [3.05, 3.63) is 11.4 Å². The lowest BCUT2D eigenvalue weighted by Gasteiger charge is -2.21. The molecule has 1 heteroatoms. The van der Waals surface area contributed by atoms with Crippen LogP contribution in [-0.4, -0.2) is 6.66 Å². The quantitative estimate of drug-likeness (QED) is 0.495. The first-order valence-corrected chi connectivity index (χ1v) is 4.87. The highest BCUT2D eigenvalue weighted by Gasteiger charge is 2.13. The Balaban J connectivity index is 4.14. The summed E-state index contributed by atoms with van der Waals surface area (Å²) in [5, 5.41) is 1.57. The smallest absolute Gasteiger partial charge is 0.0133 e. The molecule has 9 heavy (non-hydrogen) atoms. The van der Waals surface area contributed by atoms with E-state index < -0.39 is 0 Å². The van der Waals surface area contributed by atoms with E-state index in [-0.39, 0.29) is 0 Å². The van der Waals surface area contributed by atoms with Crippen LogP contribution >= 0.6 is 8.58 Å². The number of hydrogen-bond donors (Lipinski definition) is 0. The highest BCUT2D eigenvalue weighted by Crippen LogP contribution is 2.36. The second kappa shape index (κ2) is 3.37. The normalized spacial score (nSPS) is 15.4. The highest BCUT2D eigenvalue weighted by atomic mass is 31.1. The minimum absolute atomic E-state index is 0.391. The first-order valence-electron chi connectivity index (χ1n) is 3.37. The van der Waals surface area contributed by atoms with Gasteiger partial charge in [-0.1, -0.05) is 35.4 Å². The lowest BCUT2D eigenvalue weighted by Crippen LogP contribution is -2.04. The van der Waals surface area contributed by atoms with Crippen LogP contribution in [0.15, 0.2) is 11.4 Å². The highest BCUT2D eigenvalue weighted by molar-refractivity contribution is 7.42. The molecule has 1 atom stereocenters. The van der Waals surface area contributed by atoms with Crippen molar-refractivity contribution in [2.24, 2.45) is 5.41 Å². The molecule has 0 aromatic rings. The fourth-order valence-corrected chi connectivity index (χ4v) is 1.99. The summed E-state index contributed by atoms with van der Waals surface area (Å²) in [5.74, 6) is 0. The van der Waals surface area contributed by atoms with Gasteiger partial charge in [0, 0.05) is 0 Å². The summed E-state index contributed by atoms with van der Waals surface area (Å²) in [5.41, 5.74) is 0.391. The summed E-state index contributed by atoms with van der Waals surface area (Å²) in [7, 11) is 0.961. The molecule has 0 aliphatic heterocycles. The second-order valence-electron chi connectivity index (χ2n) is 3.20. The third-order valence-corrected chi connectivity index (χ3v) is 2.94. The van der Waals surface area contributed by atoms with E-state index in [1.54, 1.807) is 5.31 Å². The molecule has 0 rings (SSSR count). The van der Waals surface area contributed by atoms with Gasteiger partial charge in [0.15, 0.2) is 0 Å². The van der Waals surface area contributed by atoms with Crippen molar-refractivity contribution in [2.45, 2.75) is 27.7 Å². The van der Waals surface area contributed by atoms with Crippen molar-refractivity contribution < 1.29 is 0 Å². The van der Waals surface area contributed by atoms with Gasteiger partial charge in [0.05, 0.1) is 0 Å². The Morgan fingerprint density at radius 1 is 1.33 bits per heavy atom. The summed E-state index contributed by atoms with van der Waals surface area (Å²) in [6, 6.07) is 0. The van der Waals surface area contributed by atoms with Crippen molar-refractivity contribution in [3.8, 4) is 0 Å². The molecule has 0 saturated heterocycles. The maximum Gasteiger partial charge on any atom is -0.0133 e. The molecule has 0 amide bonds. The van der Waals surface area contributed by atoms with Gasteiger partial charge in [-0.15, -0.1) is 0 Å².